The number of hydrogen-bond donors (Lipinski definition) is 1. The zero-order valence-electron chi connectivity index (χ0n) is 12.8. The van der Waals surface area contributed by atoms with E-state index in [-0.39, 0.29) is 6.10 Å². The Morgan fingerprint density at radius 3 is 3.00 bits per heavy atom. The Bertz CT molecular complexity index is 409. The van der Waals surface area contributed by atoms with Gasteiger partial charge in [-0.05, 0) is 45.6 Å². The van der Waals surface area contributed by atoms with E-state index in [4.69, 9.17) is 9.47 Å². The van der Waals surface area contributed by atoms with Crippen molar-refractivity contribution in [2.24, 2.45) is 0 Å². The van der Waals surface area contributed by atoms with Gasteiger partial charge in [-0.1, -0.05) is 6.07 Å². The maximum atomic E-state index is 5.75. The normalized spacial score (nSPS) is 23.0. The first-order valence-electron chi connectivity index (χ1n) is 7.55. The molecule has 1 saturated carbocycles. The van der Waals surface area contributed by atoms with Gasteiger partial charge in [-0.15, -0.1) is 0 Å². The maximum Gasteiger partial charge on any atom is 0.218 e. The van der Waals surface area contributed by atoms with Crippen LogP contribution in [0, 0.1) is 0 Å². The Morgan fingerprint density at radius 1 is 1.40 bits per heavy atom. The van der Waals surface area contributed by atoms with Gasteiger partial charge in [0.25, 0.3) is 0 Å². The van der Waals surface area contributed by atoms with Crippen LogP contribution in [0.2, 0.25) is 0 Å². The van der Waals surface area contributed by atoms with E-state index in [0.717, 1.165) is 24.4 Å². The zero-order chi connectivity index (χ0) is 14.4. The Labute approximate surface area is 121 Å². The average molecular weight is 278 g/mol. The van der Waals surface area contributed by atoms with Crippen LogP contribution in [-0.2, 0) is 11.3 Å². The van der Waals surface area contributed by atoms with Crippen LogP contribution in [-0.4, -0.2) is 30.3 Å². The SMILES string of the molecule is COC1CCCC(NCc2cccnc2OC(C)C)C1. The second-order valence-electron chi connectivity index (χ2n) is 5.74. The maximum absolute atomic E-state index is 5.75. The molecule has 0 bridgehead atoms. The Balaban J connectivity index is 1.90. The third-order valence-corrected chi connectivity index (χ3v) is 3.74. The molecule has 2 atom stereocenters. The van der Waals surface area contributed by atoms with Crippen molar-refractivity contribution in [1.82, 2.24) is 10.3 Å². The summed E-state index contributed by atoms with van der Waals surface area (Å²) in [6.07, 6.45) is 7.07. The van der Waals surface area contributed by atoms with Gasteiger partial charge < -0.3 is 14.8 Å². The number of methoxy groups -OCH3 is 1. The summed E-state index contributed by atoms with van der Waals surface area (Å²) < 4.78 is 11.2. The van der Waals surface area contributed by atoms with Crippen molar-refractivity contribution in [2.75, 3.05) is 7.11 Å². The highest BCUT2D eigenvalue weighted by Crippen LogP contribution is 2.22. The van der Waals surface area contributed by atoms with Crippen molar-refractivity contribution in [3.8, 4) is 5.88 Å². The van der Waals surface area contributed by atoms with E-state index in [1.54, 1.807) is 6.20 Å². The quantitative estimate of drug-likeness (QED) is 0.869. The van der Waals surface area contributed by atoms with Gasteiger partial charge in [0.15, 0.2) is 0 Å². The van der Waals surface area contributed by atoms with Crippen LogP contribution in [0.4, 0.5) is 0 Å². The molecule has 0 radical (unpaired) electrons. The van der Waals surface area contributed by atoms with Crippen molar-refractivity contribution in [1.29, 1.82) is 0 Å². The lowest BCUT2D eigenvalue weighted by molar-refractivity contribution is 0.0585. The smallest absolute Gasteiger partial charge is 0.218 e. The molecule has 1 N–H and O–H groups in total. The summed E-state index contributed by atoms with van der Waals surface area (Å²) in [6.45, 7) is 4.85. The largest absolute Gasteiger partial charge is 0.475 e. The minimum absolute atomic E-state index is 0.149. The van der Waals surface area contributed by atoms with Crippen LogP contribution in [0.3, 0.4) is 0 Å². The van der Waals surface area contributed by atoms with Crippen LogP contribution in [0.5, 0.6) is 5.88 Å². The molecule has 0 aliphatic heterocycles. The molecular weight excluding hydrogens is 252 g/mol. The molecular formula is C16H26N2O2. The molecule has 20 heavy (non-hydrogen) atoms. The van der Waals surface area contributed by atoms with Gasteiger partial charge in [0.2, 0.25) is 5.88 Å². The van der Waals surface area contributed by atoms with Gasteiger partial charge >= 0.3 is 0 Å². The molecule has 1 aromatic rings. The number of pyridine rings is 1. The molecule has 2 rings (SSSR count). The summed E-state index contributed by atoms with van der Waals surface area (Å²) in [7, 11) is 1.81. The minimum atomic E-state index is 0.149. The standard InChI is InChI=1S/C16H26N2O2/c1-12(2)20-16-13(6-5-9-17-16)11-18-14-7-4-8-15(10-14)19-3/h5-6,9,12,14-15,18H,4,7-8,10-11H2,1-3H3. The zero-order valence-corrected chi connectivity index (χ0v) is 12.8. The third-order valence-electron chi connectivity index (χ3n) is 3.74. The molecule has 0 saturated heterocycles. The number of aromatic nitrogens is 1. The number of ether oxygens (including phenoxy) is 2. The van der Waals surface area contributed by atoms with E-state index in [0.29, 0.717) is 12.1 Å². The summed E-state index contributed by atoms with van der Waals surface area (Å²) in [5.74, 6) is 0.745. The highest BCUT2D eigenvalue weighted by Gasteiger charge is 2.21. The van der Waals surface area contributed by atoms with Crippen LogP contribution < -0.4 is 10.1 Å². The molecule has 0 spiro atoms. The lowest BCUT2D eigenvalue weighted by Gasteiger charge is -2.29. The molecule has 1 heterocycles. The van der Waals surface area contributed by atoms with E-state index >= 15 is 0 Å². The fourth-order valence-electron chi connectivity index (χ4n) is 2.69. The van der Waals surface area contributed by atoms with Crippen molar-refractivity contribution < 1.29 is 9.47 Å². The summed E-state index contributed by atoms with van der Waals surface area (Å²) in [6, 6.07) is 4.57. The van der Waals surface area contributed by atoms with Crippen LogP contribution >= 0.6 is 0 Å². The van der Waals surface area contributed by atoms with Gasteiger partial charge in [-0.25, -0.2) is 4.98 Å². The highest BCUT2D eigenvalue weighted by atomic mass is 16.5. The highest BCUT2D eigenvalue weighted by molar-refractivity contribution is 5.25. The molecule has 1 fully saturated rings. The lowest BCUT2D eigenvalue weighted by Crippen LogP contribution is -2.36. The van der Waals surface area contributed by atoms with Gasteiger partial charge in [0.1, 0.15) is 0 Å². The molecule has 2 unspecified atom stereocenters. The predicted molar refractivity (Wildman–Crippen MR) is 79.9 cm³/mol. The van der Waals surface area contributed by atoms with Crippen molar-refractivity contribution in [3.63, 3.8) is 0 Å². The molecule has 1 aliphatic rings. The van der Waals surface area contributed by atoms with Crippen LogP contribution in [0.15, 0.2) is 18.3 Å². The summed E-state index contributed by atoms with van der Waals surface area (Å²) in [5, 5.41) is 3.62. The Kier molecular flexibility index (Phi) is 5.80. The first-order valence-corrected chi connectivity index (χ1v) is 7.55. The first kappa shape index (κ1) is 15.3. The topological polar surface area (TPSA) is 43.4 Å². The molecule has 112 valence electrons. The predicted octanol–water partition coefficient (Wildman–Crippen LogP) is 2.92. The van der Waals surface area contributed by atoms with Gasteiger partial charge in [-0.3, -0.25) is 0 Å². The lowest BCUT2D eigenvalue weighted by atomic mass is 9.93. The van der Waals surface area contributed by atoms with Crippen LogP contribution in [0.25, 0.3) is 0 Å². The van der Waals surface area contributed by atoms with Crippen LogP contribution in [0.1, 0.15) is 45.1 Å². The molecule has 0 aromatic carbocycles. The Morgan fingerprint density at radius 2 is 2.25 bits per heavy atom. The first-order chi connectivity index (χ1) is 9.69. The molecule has 0 amide bonds. The number of nitrogens with zero attached hydrogens (tertiary/aromatic N) is 1. The monoisotopic (exact) mass is 278 g/mol. The molecule has 4 nitrogen and oxygen atoms in total. The van der Waals surface area contributed by atoms with Gasteiger partial charge in [0.05, 0.1) is 12.2 Å². The van der Waals surface area contributed by atoms with E-state index in [2.05, 4.69) is 16.4 Å². The second kappa shape index (κ2) is 7.60. The van der Waals surface area contributed by atoms with Crippen molar-refractivity contribution >= 4 is 0 Å². The van der Waals surface area contributed by atoms with E-state index in [1.807, 2.05) is 27.0 Å². The molecule has 1 aromatic heterocycles. The summed E-state index contributed by atoms with van der Waals surface area (Å²) in [4.78, 5) is 4.33. The third kappa shape index (κ3) is 4.46. The Hall–Kier alpha value is -1.13. The number of nitrogens with one attached hydrogen (secondary N) is 1. The average Bonchev–Trinajstić information content (AvgIpc) is 2.46. The molecule has 1 aliphatic carbocycles. The van der Waals surface area contributed by atoms with Crippen molar-refractivity contribution in [3.05, 3.63) is 23.9 Å². The summed E-state index contributed by atoms with van der Waals surface area (Å²) in [5.41, 5.74) is 1.13. The van der Waals surface area contributed by atoms with Gasteiger partial charge in [0, 0.05) is 31.5 Å². The summed E-state index contributed by atoms with van der Waals surface area (Å²) >= 11 is 0. The van der Waals surface area contributed by atoms with Gasteiger partial charge in [-0.2, -0.15) is 0 Å². The number of hydrogen-bond acceptors (Lipinski definition) is 4. The number of rotatable bonds is 6. The fraction of sp³-hybridized carbons (Fsp3) is 0.688. The second-order valence-corrected chi connectivity index (χ2v) is 5.74. The fourth-order valence-corrected chi connectivity index (χ4v) is 2.69. The van der Waals surface area contributed by atoms with E-state index < -0.39 is 0 Å². The minimum Gasteiger partial charge on any atom is -0.475 e. The van der Waals surface area contributed by atoms with E-state index in [1.165, 1.54) is 19.3 Å². The van der Waals surface area contributed by atoms with Crippen molar-refractivity contribution in [2.45, 2.75) is 64.3 Å². The molecule has 4 heteroatoms. The van der Waals surface area contributed by atoms with E-state index in [9.17, 15) is 0 Å².